The van der Waals surface area contributed by atoms with Crippen LogP contribution in [0.4, 0.5) is 11.4 Å². The van der Waals surface area contributed by atoms with Gasteiger partial charge in [-0.1, -0.05) is 49.2 Å². The minimum atomic E-state index is -3.82. The van der Waals surface area contributed by atoms with E-state index < -0.39 is 22.5 Å². The number of nitrogens with one attached hydrogen (secondary N) is 2. The molecule has 0 saturated heterocycles. The first-order valence-electron chi connectivity index (χ1n) is 9.09. The predicted octanol–water partition coefficient (Wildman–Crippen LogP) is 3.78. The fourth-order valence-electron chi connectivity index (χ4n) is 2.57. The zero-order valence-electron chi connectivity index (χ0n) is 16.8. The van der Waals surface area contributed by atoms with Gasteiger partial charge in [0.25, 0.3) is 5.91 Å². The van der Waals surface area contributed by atoms with Crippen LogP contribution in [0.1, 0.15) is 24.2 Å². The summed E-state index contributed by atoms with van der Waals surface area (Å²) in [5, 5.41) is 5.82. The second kappa shape index (κ2) is 10.1. The monoisotopic (exact) mass is 471 g/mol. The summed E-state index contributed by atoms with van der Waals surface area (Å²) < 4.78 is 25.4. The standard InChI is InChI=1S/C20H23Cl2N3O4S/c1-13(2)11-23-20(27)15-6-4-5-7-17(15)24-19(26)12-25(30(3,28)29)18-9-8-14(21)10-16(18)22/h4-10,13H,11-12H2,1-3H3,(H,23,27)(H,24,26). The number of hydrogen-bond acceptors (Lipinski definition) is 4. The first kappa shape index (κ1) is 24.0. The third kappa shape index (κ3) is 6.62. The van der Waals surface area contributed by atoms with Gasteiger partial charge in [-0.25, -0.2) is 8.42 Å². The van der Waals surface area contributed by atoms with E-state index in [2.05, 4.69) is 10.6 Å². The van der Waals surface area contributed by atoms with Crippen LogP contribution in [-0.4, -0.2) is 39.6 Å². The van der Waals surface area contributed by atoms with Crippen LogP contribution < -0.4 is 14.9 Å². The molecule has 2 rings (SSSR count). The lowest BCUT2D eigenvalue weighted by molar-refractivity contribution is -0.114. The summed E-state index contributed by atoms with van der Waals surface area (Å²) >= 11 is 12.0. The van der Waals surface area contributed by atoms with E-state index in [1.807, 2.05) is 13.8 Å². The molecule has 0 fully saturated rings. The Hall–Kier alpha value is -2.29. The average molecular weight is 472 g/mol. The lowest BCUT2D eigenvalue weighted by atomic mass is 10.1. The van der Waals surface area contributed by atoms with Gasteiger partial charge < -0.3 is 10.6 Å². The number of hydrogen-bond donors (Lipinski definition) is 2. The number of sulfonamides is 1. The van der Waals surface area contributed by atoms with Crippen molar-refractivity contribution in [2.24, 2.45) is 5.92 Å². The summed E-state index contributed by atoms with van der Waals surface area (Å²) in [4.78, 5) is 25.1. The summed E-state index contributed by atoms with van der Waals surface area (Å²) in [7, 11) is -3.82. The number of anilines is 2. The number of halogens is 2. The molecule has 0 aliphatic rings. The van der Waals surface area contributed by atoms with Gasteiger partial charge in [0, 0.05) is 11.6 Å². The summed E-state index contributed by atoms with van der Waals surface area (Å²) in [5.74, 6) is -0.695. The highest BCUT2D eigenvalue weighted by molar-refractivity contribution is 7.92. The van der Waals surface area contributed by atoms with Gasteiger partial charge >= 0.3 is 0 Å². The van der Waals surface area contributed by atoms with Crippen molar-refractivity contribution in [2.45, 2.75) is 13.8 Å². The van der Waals surface area contributed by atoms with Crippen molar-refractivity contribution in [2.75, 3.05) is 29.0 Å². The van der Waals surface area contributed by atoms with E-state index in [1.54, 1.807) is 24.3 Å². The molecule has 0 bridgehead atoms. The molecule has 0 unspecified atom stereocenters. The van der Waals surface area contributed by atoms with Crippen LogP contribution in [0.2, 0.25) is 10.0 Å². The van der Waals surface area contributed by atoms with Gasteiger partial charge in [-0.2, -0.15) is 0 Å². The Morgan fingerprint density at radius 3 is 2.37 bits per heavy atom. The van der Waals surface area contributed by atoms with Crippen molar-refractivity contribution in [1.82, 2.24) is 5.32 Å². The van der Waals surface area contributed by atoms with Crippen molar-refractivity contribution in [1.29, 1.82) is 0 Å². The summed E-state index contributed by atoms with van der Waals surface area (Å²) in [5.41, 5.74) is 0.683. The maximum Gasteiger partial charge on any atom is 0.253 e. The minimum Gasteiger partial charge on any atom is -0.352 e. The first-order valence-corrected chi connectivity index (χ1v) is 11.7. The van der Waals surface area contributed by atoms with Gasteiger partial charge in [0.05, 0.1) is 28.2 Å². The molecule has 7 nitrogen and oxygen atoms in total. The Morgan fingerprint density at radius 1 is 1.10 bits per heavy atom. The maximum absolute atomic E-state index is 12.6. The highest BCUT2D eigenvalue weighted by Crippen LogP contribution is 2.30. The molecule has 0 aromatic heterocycles. The summed E-state index contributed by atoms with van der Waals surface area (Å²) in [6.07, 6.45) is 0.971. The summed E-state index contributed by atoms with van der Waals surface area (Å²) in [6, 6.07) is 10.8. The van der Waals surface area contributed by atoms with E-state index >= 15 is 0 Å². The average Bonchev–Trinajstić information content (AvgIpc) is 2.64. The molecule has 0 spiro atoms. The van der Waals surface area contributed by atoms with Gasteiger partial charge in [0.1, 0.15) is 6.54 Å². The molecule has 10 heteroatoms. The van der Waals surface area contributed by atoms with E-state index in [-0.39, 0.29) is 33.8 Å². The fraction of sp³-hybridized carbons (Fsp3) is 0.300. The molecule has 2 aromatic rings. The highest BCUT2D eigenvalue weighted by Gasteiger charge is 2.24. The number of carbonyl (C=O) groups excluding carboxylic acids is 2. The Morgan fingerprint density at radius 2 is 1.77 bits per heavy atom. The summed E-state index contributed by atoms with van der Waals surface area (Å²) in [6.45, 7) is 3.89. The third-order valence-corrected chi connectivity index (χ3v) is 5.65. The number of benzene rings is 2. The van der Waals surface area contributed by atoms with E-state index in [4.69, 9.17) is 23.2 Å². The number of amides is 2. The van der Waals surface area contributed by atoms with Crippen LogP contribution in [0.5, 0.6) is 0 Å². The number of carbonyl (C=O) groups is 2. The topological polar surface area (TPSA) is 95.6 Å². The Bertz CT molecular complexity index is 1040. The van der Waals surface area contributed by atoms with E-state index in [0.29, 0.717) is 11.6 Å². The molecule has 0 saturated carbocycles. The van der Waals surface area contributed by atoms with Gasteiger partial charge in [0.2, 0.25) is 15.9 Å². The molecule has 2 amide bonds. The predicted molar refractivity (Wildman–Crippen MR) is 121 cm³/mol. The Balaban J connectivity index is 2.24. The number of nitrogens with zero attached hydrogens (tertiary/aromatic N) is 1. The van der Waals surface area contributed by atoms with Gasteiger partial charge in [-0.05, 0) is 36.2 Å². The van der Waals surface area contributed by atoms with E-state index in [0.717, 1.165) is 10.6 Å². The molecule has 30 heavy (non-hydrogen) atoms. The second-order valence-corrected chi connectivity index (χ2v) is 9.81. The highest BCUT2D eigenvalue weighted by atomic mass is 35.5. The van der Waals surface area contributed by atoms with Crippen LogP contribution in [0.25, 0.3) is 0 Å². The zero-order valence-corrected chi connectivity index (χ0v) is 19.1. The van der Waals surface area contributed by atoms with Crippen LogP contribution in [0.3, 0.4) is 0 Å². The molecule has 0 heterocycles. The molecule has 0 atom stereocenters. The Kier molecular flexibility index (Phi) is 8.11. The lowest BCUT2D eigenvalue weighted by Gasteiger charge is -2.23. The van der Waals surface area contributed by atoms with Gasteiger partial charge in [0.15, 0.2) is 0 Å². The lowest BCUT2D eigenvalue weighted by Crippen LogP contribution is -2.38. The van der Waals surface area contributed by atoms with Crippen molar-refractivity contribution in [3.8, 4) is 0 Å². The van der Waals surface area contributed by atoms with Crippen LogP contribution in [-0.2, 0) is 14.8 Å². The molecular weight excluding hydrogens is 449 g/mol. The van der Waals surface area contributed by atoms with Crippen LogP contribution in [0, 0.1) is 5.92 Å². The zero-order chi connectivity index (χ0) is 22.5. The quantitative estimate of drug-likeness (QED) is 0.611. The van der Waals surface area contributed by atoms with Crippen molar-refractivity contribution in [3.63, 3.8) is 0 Å². The largest absolute Gasteiger partial charge is 0.352 e. The van der Waals surface area contributed by atoms with E-state index in [9.17, 15) is 18.0 Å². The maximum atomic E-state index is 12.6. The van der Waals surface area contributed by atoms with Crippen molar-refractivity contribution < 1.29 is 18.0 Å². The molecular formula is C20H23Cl2N3O4S. The molecule has 0 aliphatic heterocycles. The van der Waals surface area contributed by atoms with Crippen LogP contribution >= 0.6 is 23.2 Å². The normalized spacial score (nSPS) is 11.3. The molecule has 0 aliphatic carbocycles. The number of rotatable bonds is 8. The molecule has 2 N–H and O–H groups in total. The van der Waals surface area contributed by atoms with E-state index in [1.165, 1.54) is 18.2 Å². The van der Waals surface area contributed by atoms with Crippen molar-refractivity contribution in [3.05, 3.63) is 58.1 Å². The number of para-hydroxylation sites is 1. The Labute approximate surface area is 186 Å². The fourth-order valence-corrected chi connectivity index (χ4v) is 4.00. The van der Waals surface area contributed by atoms with Crippen LogP contribution in [0.15, 0.2) is 42.5 Å². The smallest absolute Gasteiger partial charge is 0.253 e. The minimum absolute atomic E-state index is 0.0918. The molecule has 0 radical (unpaired) electrons. The first-order chi connectivity index (χ1) is 14.0. The third-order valence-electron chi connectivity index (χ3n) is 3.98. The van der Waals surface area contributed by atoms with Crippen molar-refractivity contribution >= 4 is 56.4 Å². The van der Waals surface area contributed by atoms with Gasteiger partial charge in [-0.3, -0.25) is 13.9 Å². The molecule has 2 aromatic carbocycles. The SMILES string of the molecule is CC(C)CNC(=O)c1ccccc1NC(=O)CN(c1ccc(Cl)cc1Cl)S(C)(=O)=O. The second-order valence-electron chi connectivity index (χ2n) is 7.06. The molecule has 162 valence electrons. The van der Waals surface area contributed by atoms with Gasteiger partial charge in [-0.15, -0.1) is 0 Å².